The van der Waals surface area contributed by atoms with Crippen LogP contribution in [0.3, 0.4) is 0 Å². The zero-order valence-corrected chi connectivity index (χ0v) is 10.6. The van der Waals surface area contributed by atoms with Crippen LogP contribution in [0.2, 0.25) is 0 Å². The molecule has 0 radical (unpaired) electrons. The molecule has 0 spiro atoms. The molecule has 1 atom stereocenters. The van der Waals surface area contributed by atoms with Crippen LogP contribution in [0, 0.1) is 5.92 Å². The smallest absolute Gasteiger partial charge is 0.119 e. The van der Waals surface area contributed by atoms with E-state index in [0.717, 1.165) is 25.2 Å². The number of ether oxygens (including phenoxy) is 1. The van der Waals surface area contributed by atoms with Gasteiger partial charge in [-0.25, -0.2) is 0 Å². The molecule has 1 aromatic rings. The molecule has 1 nitrogen and oxygen atoms in total. The van der Waals surface area contributed by atoms with E-state index >= 15 is 0 Å². The van der Waals surface area contributed by atoms with Crippen LogP contribution in [-0.4, -0.2) is 6.61 Å². The Labute approximate surface area is 99.1 Å². The molecule has 1 aromatic carbocycles. The molecule has 1 rings (SSSR count). The van der Waals surface area contributed by atoms with E-state index in [9.17, 15) is 0 Å². The highest BCUT2D eigenvalue weighted by molar-refractivity contribution is 5.27. The number of hydrogen-bond donors (Lipinski definition) is 0. The number of rotatable bonds is 6. The Morgan fingerprint density at radius 2 is 1.88 bits per heavy atom. The normalized spacial score (nSPS) is 12.9. The average Bonchev–Trinajstić information content (AvgIpc) is 2.29. The Morgan fingerprint density at radius 3 is 2.44 bits per heavy atom. The van der Waals surface area contributed by atoms with Crippen LogP contribution in [0.4, 0.5) is 0 Å². The molecule has 0 heterocycles. The van der Waals surface area contributed by atoms with E-state index in [1.165, 1.54) is 5.56 Å². The summed E-state index contributed by atoms with van der Waals surface area (Å²) in [6, 6.07) is 8.41. The molecule has 16 heavy (non-hydrogen) atoms. The van der Waals surface area contributed by atoms with Crippen molar-refractivity contribution in [2.24, 2.45) is 5.92 Å². The van der Waals surface area contributed by atoms with Crippen LogP contribution < -0.4 is 4.74 Å². The first-order valence-electron chi connectivity index (χ1n) is 6.14. The third kappa shape index (κ3) is 4.52. The largest absolute Gasteiger partial charge is 0.494 e. The summed E-state index contributed by atoms with van der Waals surface area (Å²) in [5.74, 6) is 1.57. The summed E-state index contributed by atoms with van der Waals surface area (Å²) < 4.78 is 5.42. The topological polar surface area (TPSA) is 9.23 Å². The van der Waals surface area contributed by atoms with E-state index in [0.29, 0.717) is 5.92 Å². The molecule has 0 amide bonds. The van der Waals surface area contributed by atoms with Crippen molar-refractivity contribution in [1.82, 2.24) is 0 Å². The first-order valence-corrected chi connectivity index (χ1v) is 6.14. The predicted molar refractivity (Wildman–Crippen MR) is 69.9 cm³/mol. The SMILES string of the molecule is CC/C=C\C(C)Cc1ccc(OCC)cc1. The Morgan fingerprint density at radius 1 is 1.19 bits per heavy atom. The minimum Gasteiger partial charge on any atom is -0.494 e. The second-order valence-corrected chi connectivity index (χ2v) is 4.09. The molecule has 0 aliphatic heterocycles. The fraction of sp³-hybridized carbons (Fsp3) is 0.467. The highest BCUT2D eigenvalue weighted by Crippen LogP contribution is 2.15. The quantitative estimate of drug-likeness (QED) is 0.649. The molecule has 0 aliphatic rings. The molecular weight excluding hydrogens is 196 g/mol. The molecule has 0 saturated carbocycles. The number of benzene rings is 1. The molecule has 0 fully saturated rings. The lowest BCUT2D eigenvalue weighted by Gasteiger charge is -2.08. The van der Waals surface area contributed by atoms with Crippen LogP contribution in [0.15, 0.2) is 36.4 Å². The van der Waals surface area contributed by atoms with Crippen LogP contribution in [-0.2, 0) is 6.42 Å². The summed E-state index contributed by atoms with van der Waals surface area (Å²) in [4.78, 5) is 0. The van der Waals surface area contributed by atoms with Gasteiger partial charge in [0.2, 0.25) is 0 Å². The van der Waals surface area contributed by atoms with Crippen molar-refractivity contribution < 1.29 is 4.74 Å². The van der Waals surface area contributed by atoms with Gasteiger partial charge in [-0.15, -0.1) is 0 Å². The van der Waals surface area contributed by atoms with Gasteiger partial charge in [0.15, 0.2) is 0 Å². The Hall–Kier alpha value is -1.24. The third-order valence-electron chi connectivity index (χ3n) is 2.49. The monoisotopic (exact) mass is 218 g/mol. The standard InChI is InChI=1S/C15H22O/c1-4-6-7-13(3)12-14-8-10-15(11-9-14)16-5-2/h6-11,13H,4-5,12H2,1-3H3/b7-6-. The number of allylic oxidation sites excluding steroid dienone is 2. The Balaban J connectivity index is 2.51. The molecular formula is C15H22O. The van der Waals surface area contributed by atoms with E-state index in [4.69, 9.17) is 4.74 Å². The maximum Gasteiger partial charge on any atom is 0.119 e. The fourth-order valence-electron chi connectivity index (χ4n) is 1.70. The average molecular weight is 218 g/mol. The molecule has 1 unspecified atom stereocenters. The summed E-state index contributed by atoms with van der Waals surface area (Å²) in [7, 11) is 0. The maximum atomic E-state index is 5.42. The Bertz CT molecular complexity index is 311. The van der Waals surface area contributed by atoms with Crippen LogP contribution in [0.25, 0.3) is 0 Å². The molecule has 0 saturated heterocycles. The summed E-state index contributed by atoms with van der Waals surface area (Å²) in [5, 5.41) is 0. The molecule has 88 valence electrons. The lowest BCUT2D eigenvalue weighted by atomic mass is 10.0. The first-order chi connectivity index (χ1) is 7.76. The van der Waals surface area contributed by atoms with E-state index in [2.05, 4.69) is 50.3 Å². The summed E-state index contributed by atoms with van der Waals surface area (Å²) in [6.45, 7) is 7.16. The van der Waals surface area contributed by atoms with Crippen molar-refractivity contribution in [3.8, 4) is 5.75 Å². The predicted octanol–water partition coefficient (Wildman–Crippen LogP) is 4.23. The van der Waals surface area contributed by atoms with E-state index < -0.39 is 0 Å². The van der Waals surface area contributed by atoms with Crippen molar-refractivity contribution in [2.75, 3.05) is 6.61 Å². The summed E-state index contributed by atoms with van der Waals surface area (Å²) in [5.41, 5.74) is 1.37. The van der Waals surface area contributed by atoms with E-state index in [1.807, 2.05) is 6.92 Å². The second kappa shape index (κ2) is 7.10. The fourth-order valence-corrected chi connectivity index (χ4v) is 1.70. The van der Waals surface area contributed by atoms with Crippen molar-refractivity contribution in [3.05, 3.63) is 42.0 Å². The van der Waals surface area contributed by atoms with Gasteiger partial charge in [-0.2, -0.15) is 0 Å². The maximum absolute atomic E-state index is 5.42. The van der Waals surface area contributed by atoms with Crippen molar-refractivity contribution in [3.63, 3.8) is 0 Å². The van der Waals surface area contributed by atoms with E-state index in [-0.39, 0.29) is 0 Å². The van der Waals surface area contributed by atoms with Crippen molar-refractivity contribution in [1.29, 1.82) is 0 Å². The molecule has 1 heteroatoms. The van der Waals surface area contributed by atoms with Crippen LogP contribution >= 0.6 is 0 Å². The van der Waals surface area contributed by atoms with Gasteiger partial charge in [-0.05, 0) is 43.4 Å². The van der Waals surface area contributed by atoms with Gasteiger partial charge in [-0.1, -0.05) is 38.1 Å². The lowest BCUT2D eigenvalue weighted by molar-refractivity contribution is 0.340. The Kier molecular flexibility index (Phi) is 5.69. The zero-order chi connectivity index (χ0) is 11.8. The van der Waals surface area contributed by atoms with Crippen molar-refractivity contribution in [2.45, 2.75) is 33.6 Å². The first kappa shape index (κ1) is 12.8. The molecule has 0 aromatic heterocycles. The van der Waals surface area contributed by atoms with Gasteiger partial charge >= 0.3 is 0 Å². The van der Waals surface area contributed by atoms with Gasteiger partial charge in [-0.3, -0.25) is 0 Å². The minimum absolute atomic E-state index is 0.609. The molecule has 0 N–H and O–H groups in total. The number of hydrogen-bond acceptors (Lipinski definition) is 1. The van der Waals surface area contributed by atoms with Crippen LogP contribution in [0.5, 0.6) is 5.75 Å². The van der Waals surface area contributed by atoms with E-state index in [1.54, 1.807) is 0 Å². The van der Waals surface area contributed by atoms with Gasteiger partial charge in [0.25, 0.3) is 0 Å². The third-order valence-corrected chi connectivity index (χ3v) is 2.49. The summed E-state index contributed by atoms with van der Waals surface area (Å²) >= 11 is 0. The molecule has 0 bridgehead atoms. The van der Waals surface area contributed by atoms with Gasteiger partial charge in [0.05, 0.1) is 6.61 Å². The lowest BCUT2D eigenvalue weighted by Crippen LogP contribution is -1.96. The van der Waals surface area contributed by atoms with Crippen molar-refractivity contribution >= 4 is 0 Å². The molecule has 0 aliphatic carbocycles. The second-order valence-electron chi connectivity index (χ2n) is 4.09. The van der Waals surface area contributed by atoms with Gasteiger partial charge in [0, 0.05) is 0 Å². The minimum atomic E-state index is 0.609. The highest BCUT2D eigenvalue weighted by Gasteiger charge is 2.00. The summed E-state index contributed by atoms with van der Waals surface area (Å²) in [6.07, 6.45) is 6.74. The van der Waals surface area contributed by atoms with Crippen LogP contribution in [0.1, 0.15) is 32.8 Å². The highest BCUT2D eigenvalue weighted by atomic mass is 16.5. The zero-order valence-electron chi connectivity index (χ0n) is 10.6. The van der Waals surface area contributed by atoms with Gasteiger partial charge in [0.1, 0.15) is 5.75 Å². The van der Waals surface area contributed by atoms with Gasteiger partial charge < -0.3 is 4.74 Å².